The number of nitrogens with zero attached hydrogens (tertiary/aromatic N) is 2. The molecule has 2 N–H and O–H groups in total. The number of aryl methyl sites for hydroxylation is 1. The van der Waals surface area contributed by atoms with Gasteiger partial charge >= 0.3 is 0 Å². The molecule has 1 heterocycles. The van der Waals surface area contributed by atoms with Gasteiger partial charge in [-0.05, 0) is 30.7 Å². The van der Waals surface area contributed by atoms with E-state index >= 15 is 0 Å². The molecule has 110 valence electrons. The highest BCUT2D eigenvalue weighted by molar-refractivity contribution is 5.71. The Bertz CT molecular complexity index is 634. The SMILES string of the molecule is Cc1cccc(N2CCN(c3ccccc3F)CC2)c1N. The Morgan fingerprint density at radius 1 is 0.857 bits per heavy atom. The highest BCUT2D eigenvalue weighted by Gasteiger charge is 2.20. The molecule has 2 aromatic carbocycles. The van der Waals surface area contributed by atoms with Crippen molar-refractivity contribution in [2.75, 3.05) is 41.7 Å². The van der Waals surface area contributed by atoms with Crippen LogP contribution in [-0.4, -0.2) is 26.2 Å². The molecule has 1 aliphatic rings. The van der Waals surface area contributed by atoms with Gasteiger partial charge in [0.1, 0.15) is 5.82 Å². The molecule has 0 unspecified atom stereocenters. The molecular formula is C17H20FN3. The quantitative estimate of drug-likeness (QED) is 0.861. The Morgan fingerprint density at radius 2 is 1.43 bits per heavy atom. The summed E-state index contributed by atoms with van der Waals surface area (Å²) in [5.74, 6) is -0.152. The van der Waals surface area contributed by atoms with E-state index in [4.69, 9.17) is 5.73 Å². The Kier molecular flexibility index (Phi) is 3.69. The van der Waals surface area contributed by atoms with E-state index in [-0.39, 0.29) is 5.82 Å². The number of piperazine rings is 1. The Hall–Kier alpha value is -2.23. The molecule has 0 saturated carbocycles. The third kappa shape index (κ3) is 2.66. The second-order valence-corrected chi connectivity index (χ2v) is 5.43. The van der Waals surface area contributed by atoms with Crippen LogP contribution >= 0.6 is 0 Å². The number of hydrogen-bond acceptors (Lipinski definition) is 3. The summed E-state index contributed by atoms with van der Waals surface area (Å²) < 4.78 is 13.8. The summed E-state index contributed by atoms with van der Waals surface area (Å²) in [6.07, 6.45) is 0. The number of nitrogen functional groups attached to an aromatic ring is 1. The van der Waals surface area contributed by atoms with Gasteiger partial charge in [0.05, 0.1) is 17.1 Å². The van der Waals surface area contributed by atoms with Gasteiger partial charge in [-0.2, -0.15) is 0 Å². The van der Waals surface area contributed by atoms with Gasteiger partial charge in [0.15, 0.2) is 0 Å². The monoisotopic (exact) mass is 285 g/mol. The predicted octanol–water partition coefficient (Wildman–Crippen LogP) is 3.04. The second kappa shape index (κ2) is 5.64. The predicted molar refractivity (Wildman–Crippen MR) is 86.4 cm³/mol. The highest BCUT2D eigenvalue weighted by Crippen LogP contribution is 2.28. The van der Waals surface area contributed by atoms with Gasteiger partial charge in [-0.15, -0.1) is 0 Å². The number of rotatable bonds is 2. The lowest BCUT2D eigenvalue weighted by Crippen LogP contribution is -2.47. The lowest BCUT2D eigenvalue weighted by molar-refractivity contribution is 0.598. The molecular weight excluding hydrogens is 265 g/mol. The minimum absolute atomic E-state index is 0.152. The Balaban J connectivity index is 1.74. The topological polar surface area (TPSA) is 32.5 Å². The van der Waals surface area contributed by atoms with Crippen LogP contribution < -0.4 is 15.5 Å². The number of benzene rings is 2. The van der Waals surface area contributed by atoms with Crippen LogP contribution in [0, 0.1) is 12.7 Å². The van der Waals surface area contributed by atoms with Crippen LogP contribution in [0.1, 0.15) is 5.56 Å². The molecule has 4 heteroatoms. The van der Waals surface area contributed by atoms with E-state index in [1.54, 1.807) is 6.07 Å². The molecule has 3 rings (SSSR count). The van der Waals surface area contributed by atoms with E-state index in [2.05, 4.69) is 15.9 Å². The maximum atomic E-state index is 13.8. The van der Waals surface area contributed by atoms with Crippen molar-refractivity contribution >= 4 is 17.1 Å². The lowest BCUT2D eigenvalue weighted by atomic mass is 10.1. The summed E-state index contributed by atoms with van der Waals surface area (Å²) in [4.78, 5) is 4.37. The van der Waals surface area contributed by atoms with Gasteiger partial charge < -0.3 is 15.5 Å². The molecule has 0 aliphatic carbocycles. The van der Waals surface area contributed by atoms with Gasteiger partial charge in [0.25, 0.3) is 0 Å². The van der Waals surface area contributed by atoms with Crippen LogP contribution in [0.5, 0.6) is 0 Å². The van der Waals surface area contributed by atoms with Crippen LogP contribution in [0.3, 0.4) is 0 Å². The fourth-order valence-electron chi connectivity index (χ4n) is 2.84. The second-order valence-electron chi connectivity index (χ2n) is 5.43. The van der Waals surface area contributed by atoms with Gasteiger partial charge in [-0.25, -0.2) is 4.39 Å². The van der Waals surface area contributed by atoms with Crippen molar-refractivity contribution in [2.45, 2.75) is 6.92 Å². The van der Waals surface area contributed by atoms with Gasteiger partial charge in [-0.3, -0.25) is 0 Å². The molecule has 1 fully saturated rings. The first-order chi connectivity index (χ1) is 10.2. The van der Waals surface area contributed by atoms with Crippen molar-refractivity contribution in [2.24, 2.45) is 0 Å². The molecule has 1 saturated heterocycles. The van der Waals surface area contributed by atoms with Gasteiger partial charge in [-0.1, -0.05) is 24.3 Å². The Morgan fingerprint density at radius 3 is 2.10 bits per heavy atom. The summed E-state index contributed by atoms with van der Waals surface area (Å²) in [6.45, 7) is 5.32. The molecule has 0 atom stereocenters. The summed E-state index contributed by atoms with van der Waals surface area (Å²) >= 11 is 0. The number of hydrogen-bond donors (Lipinski definition) is 1. The van der Waals surface area contributed by atoms with E-state index < -0.39 is 0 Å². The first-order valence-electron chi connectivity index (χ1n) is 7.26. The zero-order valence-corrected chi connectivity index (χ0v) is 12.2. The van der Waals surface area contributed by atoms with Crippen LogP contribution in [0.15, 0.2) is 42.5 Å². The van der Waals surface area contributed by atoms with Crippen molar-refractivity contribution < 1.29 is 4.39 Å². The number of anilines is 3. The molecule has 0 amide bonds. The van der Waals surface area contributed by atoms with E-state index in [0.29, 0.717) is 5.69 Å². The maximum Gasteiger partial charge on any atom is 0.146 e. The van der Waals surface area contributed by atoms with Crippen LogP contribution in [0.2, 0.25) is 0 Å². The molecule has 3 nitrogen and oxygen atoms in total. The molecule has 2 aromatic rings. The lowest BCUT2D eigenvalue weighted by Gasteiger charge is -2.38. The number of nitrogens with two attached hydrogens (primary N) is 1. The van der Waals surface area contributed by atoms with Crippen molar-refractivity contribution in [3.63, 3.8) is 0 Å². The van der Waals surface area contributed by atoms with Gasteiger partial charge in [0.2, 0.25) is 0 Å². The molecule has 0 radical (unpaired) electrons. The van der Waals surface area contributed by atoms with Crippen molar-refractivity contribution in [3.8, 4) is 0 Å². The molecule has 1 aliphatic heterocycles. The summed E-state index contributed by atoms with van der Waals surface area (Å²) in [6, 6.07) is 13.1. The molecule has 0 spiro atoms. The van der Waals surface area contributed by atoms with Crippen LogP contribution in [0.4, 0.5) is 21.5 Å². The average molecular weight is 285 g/mol. The molecule has 0 aromatic heterocycles. The first kappa shape index (κ1) is 13.7. The van der Waals surface area contributed by atoms with Crippen molar-refractivity contribution in [1.29, 1.82) is 0 Å². The summed E-state index contributed by atoms with van der Waals surface area (Å²) in [5.41, 5.74) is 9.89. The minimum Gasteiger partial charge on any atom is -0.397 e. The molecule has 0 bridgehead atoms. The van der Waals surface area contributed by atoms with E-state index in [1.165, 1.54) is 6.07 Å². The third-order valence-corrected chi connectivity index (χ3v) is 4.11. The maximum absolute atomic E-state index is 13.8. The number of halogens is 1. The largest absolute Gasteiger partial charge is 0.397 e. The standard InChI is InChI=1S/C17H20FN3/c1-13-5-4-8-16(17(13)19)21-11-9-20(10-12-21)15-7-3-2-6-14(15)18/h2-8H,9-12,19H2,1H3. The van der Waals surface area contributed by atoms with Crippen LogP contribution in [0.25, 0.3) is 0 Å². The van der Waals surface area contributed by atoms with E-state index in [0.717, 1.165) is 43.1 Å². The Labute approximate surface area is 124 Å². The zero-order chi connectivity index (χ0) is 14.8. The normalized spacial score (nSPS) is 15.3. The summed E-state index contributed by atoms with van der Waals surface area (Å²) in [7, 11) is 0. The zero-order valence-electron chi connectivity index (χ0n) is 12.2. The van der Waals surface area contributed by atoms with Crippen molar-refractivity contribution in [1.82, 2.24) is 0 Å². The number of para-hydroxylation sites is 2. The first-order valence-corrected chi connectivity index (χ1v) is 7.26. The minimum atomic E-state index is -0.152. The fourth-order valence-corrected chi connectivity index (χ4v) is 2.84. The van der Waals surface area contributed by atoms with Gasteiger partial charge in [0, 0.05) is 26.2 Å². The fraction of sp³-hybridized carbons (Fsp3) is 0.294. The summed E-state index contributed by atoms with van der Waals surface area (Å²) in [5, 5.41) is 0. The van der Waals surface area contributed by atoms with Crippen molar-refractivity contribution in [3.05, 3.63) is 53.8 Å². The highest BCUT2D eigenvalue weighted by atomic mass is 19.1. The third-order valence-electron chi connectivity index (χ3n) is 4.11. The average Bonchev–Trinajstić information content (AvgIpc) is 2.51. The smallest absolute Gasteiger partial charge is 0.146 e. The van der Waals surface area contributed by atoms with E-state index in [1.807, 2.05) is 31.2 Å². The van der Waals surface area contributed by atoms with E-state index in [9.17, 15) is 4.39 Å². The van der Waals surface area contributed by atoms with Crippen LogP contribution in [-0.2, 0) is 0 Å². The molecule has 21 heavy (non-hydrogen) atoms.